The van der Waals surface area contributed by atoms with E-state index in [1.54, 1.807) is 57.5 Å². The topological polar surface area (TPSA) is 74.2 Å². The van der Waals surface area contributed by atoms with Crippen LogP contribution in [-0.2, 0) is 0 Å². The van der Waals surface area contributed by atoms with E-state index in [1.165, 1.54) is 0 Å². The molecule has 0 spiro atoms. The first-order valence-electron chi connectivity index (χ1n) is 10.4. The molecule has 0 aromatic heterocycles. The van der Waals surface area contributed by atoms with Crippen LogP contribution in [0.15, 0.2) is 60.7 Å². The minimum atomic E-state index is -0.256. The lowest BCUT2D eigenvalue weighted by Gasteiger charge is -2.13. The van der Waals surface area contributed by atoms with Crippen molar-refractivity contribution in [2.75, 3.05) is 27.4 Å². The van der Waals surface area contributed by atoms with Gasteiger partial charge >= 0.3 is 0 Å². The maximum absolute atomic E-state index is 12.8. The maximum atomic E-state index is 12.8. The minimum absolute atomic E-state index is 0.0668. The number of unbranched alkanes of at least 4 members (excludes halogenated alkanes) is 1. The number of phenolic OH excluding ortho intramolecular Hbond substituents is 1. The van der Waals surface area contributed by atoms with E-state index in [-0.39, 0.29) is 17.1 Å². The Labute approximate surface area is 188 Å². The van der Waals surface area contributed by atoms with Gasteiger partial charge in [0.25, 0.3) is 0 Å². The summed E-state index contributed by atoms with van der Waals surface area (Å²) in [6.45, 7) is 2.75. The summed E-state index contributed by atoms with van der Waals surface area (Å²) < 4.78 is 22.0. The molecular formula is C26H28O6. The number of phenols is 1. The first-order chi connectivity index (χ1) is 15.5. The molecule has 0 radical (unpaired) electrons. The minimum Gasteiger partial charge on any atom is -0.507 e. The average Bonchev–Trinajstić information content (AvgIpc) is 2.83. The van der Waals surface area contributed by atoms with Gasteiger partial charge in [-0.25, -0.2) is 0 Å². The van der Waals surface area contributed by atoms with Gasteiger partial charge in [-0.3, -0.25) is 4.79 Å². The quantitative estimate of drug-likeness (QED) is 0.330. The monoisotopic (exact) mass is 436 g/mol. The fourth-order valence-corrected chi connectivity index (χ4v) is 3.23. The van der Waals surface area contributed by atoms with E-state index in [2.05, 4.69) is 0 Å². The predicted octanol–water partition coefficient (Wildman–Crippen LogP) is 5.19. The van der Waals surface area contributed by atoms with E-state index in [0.29, 0.717) is 47.3 Å². The molecule has 6 nitrogen and oxygen atoms in total. The van der Waals surface area contributed by atoms with Gasteiger partial charge in [0.05, 0.1) is 33.0 Å². The van der Waals surface area contributed by atoms with Crippen molar-refractivity contribution in [1.82, 2.24) is 0 Å². The highest BCUT2D eigenvalue weighted by molar-refractivity contribution is 6.11. The molecule has 0 aliphatic rings. The van der Waals surface area contributed by atoms with Gasteiger partial charge in [-0.15, -0.1) is 0 Å². The summed E-state index contributed by atoms with van der Waals surface area (Å²) in [6, 6.07) is 17.6. The SMILES string of the molecule is COc1ccc(C(=O)c2ccc(OCCCCOc3ccccc3OC)c(C)c2O)cc1. The molecule has 3 aromatic carbocycles. The Hall–Kier alpha value is -3.67. The molecule has 168 valence electrons. The number of hydrogen-bond donors (Lipinski definition) is 1. The Kier molecular flexibility index (Phi) is 7.97. The van der Waals surface area contributed by atoms with Crippen molar-refractivity contribution in [1.29, 1.82) is 0 Å². The third-order valence-electron chi connectivity index (χ3n) is 5.10. The number of hydrogen-bond acceptors (Lipinski definition) is 6. The molecule has 0 aliphatic carbocycles. The number of rotatable bonds is 11. The van der Waals surface area contributed by atoms with Crippen LogP contribution in [0.4, 0.5) is 0 Å². The van der Waals surface area contributed by atoms with E-state index < -0.39 is 0 Å². The third-order valence-corrected chi connectivity index (χ3v) is 5.10. The van der Waals surface area contributed by atoms with Gasteiger partial charge in [0.1, 0.15) is 17.2 Å². The lowest BCUT2D eigenvalue weighted by atomic mass is 9.99. The van der Waals surface area contributed by atoms with Gasteiger partial charge in [0, 0.05) is 11.1 Å². The van der Waals surface area contributed by atoms with Crippen molar-refractivity contribution in [2.45, 2.75) is 19.8 Å². The third kappa shape index (κ3) is 5.52. The van der Waals surface area contributed by atoms with E-state index in [9.17, 15) is 9.90 Å². The Morgan fingerprint density at radius 1 is 0.781 bits per heavy atom. The molecule has 0 unspecified atom stereocenters. The largest absolute Gasteiger partial charge is 0.507 e. The number of methoxy groups -OCH3 is 2. The Bertz CT molecular complexity index is 1040. The number of carbonyl (C=O) groups is 1. The molecule has 0 heterocycles. The second kappa shape index (κ2) is 11.1. The summed E-state index contributed by atoms with van der Waals surface area (Å²) in [5, 5.41) is 10.6. The second-order valence-corrected chi connectivity index (χ2v) is 7.20. The fraction of sp³-hybridized carbons (Fsp3) is 0.269. The van der Waals surface area contributed by atoms with Crippen molar-refractivity contribution < 1.29 is 28.8 Å². The Morgan fingerprint density at radius 2 is 1.41 bits per heavy atom. The molecule has 0 saturated heterocycles. The van der Waals surface area contributed by atoms with Gasteiger partial charge in [-0.2, -0.15) is 0 Å². The highest BCUT2D eigenvalue weighted by Gasteiger charge is 2.17. The van der Waals surface area contributed by atoms with E-state index in [4.69, 9.17) is 18.9 Å². The number of ketones is 1. The Balaban J connectivity index is 1.52. The molecule has 1 N–H and O–H groups in total. The first kappa shape index (κ1) is 23.0. The maximum Gasteiger partial charge on any atom is 0.196 e. The summed E-state index contributed by atoms with van der Waals surface area (Å²) in [5.74, 6) is 2.32. The van der Waals surface area contributed by atoms with Crippen LogP contribution in [0, 0.1) is 6.92 Å². The molecule has 0 atom stereocenters. The van der Waals surface area contributed by atoms with Crippen LogP contribution < -0.4 is 18.9 Å². The van der Waals surface area contributed by atoms with Crippen molar-refractivity contribution in [2.24, 2.45) is 0 Å². The van der Waals surface area contributed by atoms with Gasteiger partial charge in [-0.05, 0) is 68.3 Å². The van der Waals surface area contributed by atoms with E-state index >= 15 is 0 Å². The van der Waals surface area contributed by atoms with Crippen molar-refractivity contribution in [3.8, 4) is 28.7 Å². The fourth-order valence-electron chi connectivity index (χ4n) is 3.23. The summed E-state index contributed by atoms with van der Waals surface area (Å²) in [5.41, 5.74) is 1.25. The number of para-hydroxylation sites is 2. The molecule has 0 bridgehead atoms. The molecule has 6 heteroatoms. The molecule has 0 saturated carbocycles. The highest BCUT2D eigenvalue weighted by Crippen LogP contribution is 2.32. The molecule has 3 aromatic rings. The van der Waals surface area contributed by atoms with Crippen LogP contribution in [0.3, 0.4) is 0 Å². The molecule has 0 amide bonds. The second-order valence-electron chi connectivity index (χ2n) is 7.20. The van der Waals surface area contributed by atoms with Crippen LogP contribution in [0.1, 0.15) is 34.3 Å². The van der Waals surface area contributed by atoms with Crippen molar-refractivity contribution in [3.05, 3.63) is 77.4 Å². The zero-order chi connectivity index (χ0) is 22.9. The number of aromatic hydroxyl groups is 1. The van der Waals surface area contributed by atoms with Crippen molar-refractivity contribution >= 4 is 5.78 Å². The normalized spacial score (nSPS) is 10.5. The van der Waals surface area contributed by atoms with Crippen LogP contribution >= 0.6 is 0 Å². The zero-order valence-corrected chi connectivity index (χ0v) is 18.6. The summed E-state index contributed by atoms with van der Waals surface area (Å²) >= 11 is 0. The highest BCUT2D eigenvalue weighted by atomic mass is 16.5. The van der Waals surface area contributed by atoms with Gasteiger partial charge in [0.15, 0.2) is 17.3 Å². The summed E-state index contributed by atoms with van der Waals surface area (Å²) in [6.07, 6.45) is 1.58. The number of carbonyl (C=O) groups excluding carboxylic acids is 1. The predicted molar refractivity (Wildman–Crippen MR) is 122 cm³/mol. The van der Waals surface area contributed by atoms with Crippen LogP contribution in [0.5, 0.6) is 28.7 Å². The van der Waals surface area contributed by atoms with Crippen LogP contribution in [-0.4, -0.2) is 38.3 Å². The summed E-state index contributed by atoms with van der Waals surface area (Å²) in [7, 11) is 3.18. The molecule has 32 heavy (non-hydrogen) atoms. The Morgan fingerprint density at radius 3 is 2.03 bits per heavy atom. The first-order valence-corrected chi connectivity index (χ1v) is 10.4. The molecule has 0 aliphatic heterocycles. The smallest absolute Gasteiger partial charge is 0.196 e. The number of benzene rings is 3. The van der Waals surface area contributed by atoms with Gasteiger partial charge in [-0.1, -0.05) is 12.1 Å². The lowest BCUT2D eigenvalue weighted by molar-refractivity contribution is 0.103. The average molecular weight is 437 g/mol. The van der Waals surface area contributed by atoms with E-state index in [1.807, 2.05) is 24.3 Å². The zero-order valence-electron chi connectivity index (χ0n) is 18.6. The lowest BCUT2D eigenvalue weighted by Crippen LogP contribution is -2.06. The summed E-state index contributed by atoms with van der Waals surface area (Å²) in [4.78, 5) is 12.8. The van der Waals surface area contributed by atoms with E-state index in [0.717, 1.165) is 12.8 Å². The van der Waals surface area contributed by atoms with Crippen LogP contribution in [0.25, 0.3) is 0 Å². The molecular weight excluding hydrogens is 408 g/mol. The standard InChI is InChI=1S/C26H28O6/c1-18-22(31-16-6-7-17-32-24-9-5-4-8-23(24)30-3)15-14-21(25(18)27)26(28)19-10-12-20(29-2)13-11-19/h4-5,8-15,27H,6-7,16-17H2,1-3H3. The van der Waals surface area contributed by atoms with Crippen molar-refractivity contribution in [3.63, 3.8) is 0 Å². The van der Waals surface area contributed by atoms with Crippen LogP contribution in [0.2, 0.25) is 0 Å². The van der Waals surface area contributed by atoms with Gasteiger partial charge < -0.3 is 24.1 Å². The molecule has 3 rings (SSSR count). The molecule has 0 fully saturated rings. The number of ether oxygens (including phenoxy) is 4. The van der Waals surface area contributed by atoms with Gasteiger partial charge in [0.2, 0.25) is 0 Å².